The largest absolute Gasteiger partial charge is 0.462 e. The SMILES string of the molecule is CCOC(=O)c1oc(C)c(C(=O)OCC)c1-c1cccc([N+](=O)[O-])c1. The van der Waals surface area contributed by atoms with Gasteiger partial charge in [0.1, 0.15) is 11.3 Å². The highest BCUT2D eigenvalue weighted by molar-refractivity contribution is 6.05. The van der Waals surface area contributed by atoms with Crippen molar-refractivity contribution in [3.63, 3.8) is 0 Å². The first kappa shape index (κ1) is 18.2. The molecule has 0 aliphatic rings. The summed E-state index contributed by atoms with van der Waals surface area (Å²) < 4.78 is 15.4. The lowest BCUT2D eigenvalue weighted by Crippen LogP contribution is -2.09. The molecule has 0 bridgehead atoms. The normalized spacial score (nSPS) is 10.4. The van der Waals surface area contributed by atoms with Gasteiger partial charge >= 0.3 is 11.9 Å². The highest BCUT2D eigenvalue weighted by Gasteiger charge is 2.30. The molecule has 2 aromatic rings. The minimum Gasteiger partial charge on any atom is -0.462 e. The second kappa shape index (κ2) is 7.61. The number of carbonyl (C=O) groups excluding carboxylic acids is 2. The average molecular weight is 347 g/mol. The molecule has 0 saturated carbocycles. The van der Waals surface area contributed by atoms with Gasteiger partial charge in [0.25, 0.3) is 5.69 Å². The van der Waals surface area contributed by atoms with Crippen molar-refractivity contribution >= 4 is 17.6 Å². The van der Waals surface area contributed by atoms with E-state index in [0.717, 1.165) is 0 Å². The summed E-state index contributed by atoms with van der Waals surface area (Å²) in [6.45, 7) is 5.03. The Morgan fingerprint density at radius 2 is 1.80 bits per heavy atom. The Morgan fingerprint density at radius 1 is 1.16 bits per heavy atom. The zero-order valence-corrected chi connectivity index (χ0v) is 14.0. The van der Waals surface area contributed by atoms with Crippen LogP contribution in [0.15, 0.2) is 28.7 Å². The first-order valence-corrected chi connectivity index (χ1v) is 7.63. The fourth-order valence-corrected chi connectivity index (χ4v) is 2.38. The Balaban J connectivity index is 2.71. The number of furan rings is 1. The molecule has 8 heteroatoms. The second-order valence-electron chi connectivity index (χ2n) is 4.99. The number of aryl methyl sites for hydroxylation is 1. The first-order chi connectivity index (χ1) is 11.9. The minimum absolute atomic E-state index is 0.0467. The number of hydrogen-bond acceptors (Lipinski definition) is 7. The van der Waals surface area contributed by atoms with Crippen LogP contribution in [0.5, 0.6) is 0 Å². The average Bonchev–Trinajstić information content (AvgIpc) is 2.93. The Labute approximate surface area is 143 Å². The topological polar surface area (TPSA) is 109 Å². The molecule has 0 spiro atoms. The lowest BCUT2D eigenvalue weighted by Gasteiger charge is -2.06. The molecule has 132 valence electrons. The van der Waals surface area contributed by atoms with Crippen molar-refractivity contribution in [1.82, 2.24) is 0 Å². The second-order valence-corrected chi connectivity index (χ2v) is 4.99. The fraction of sp³-hybridized carbons (Fsp3) is 0.294. The molecule has 0 atom stereocenters. The Morgan fingerprint density at radius 3 is 2.40 bits per heavy atom. The van der Waals surface area contributed by atoms with Gasteiger partial charge in [-0.15, -0.1) is 0 Å². The molecule has 25 heavy (non-hydrogen) atoms. The van der Waals surface area contributed by atoms with Crippen molar-refractivity contribution in [2.75, 3.05) is 13.2 Å². The Bertz CT molecular complexity index is 822. The molecular weight excluding hydrogens is 330 g/mol. The van der Waals surface area contributed by atoms with Crippen molar-refractivity contribution in [2.24, 2.45) is 0 Å². The van der Waals surface area contributed by atoms with Gasteiger partial charge in [-0.2, -0.15) is 0 Å². The van der Waals surface area contributed by atoms with E-state index in [0.29, 0.717) is 0 Å². The summed E-state index contributed by atoms with van der Waals surface area (Å²) in [6, 6.07) is 5.57. The number of hydrogen-bond donors (Lipinski definition) is 0. The van der Waals surface area contributed by atoms with Crippen LogP contribution in [0.25, 0.3) is 11.1 Å². The molecular formula is C17H17NO7. The molecule has 0 N–H and O–H groups in total. The van der Waals surface area contributed by atoms with Crippen LogP contribution in [-0.4, -0.2) is 30.1 Å². The molecule has 0 radical (unpaired) electrons. The van der Waals surface area contributed by atoms with Crippen LogP contribution < -0.4 is 0 Å². The summed E-state index contributed by atoms with van der Waals surface area (Å²) in [5.74, 6) is -1.46. The molecule has 0 aliphatic heterocycles. The summed E-state index contributed by atoms with van der Waals surface area (Å²) in [6.07, 6.45) is 0. The molecule has 0 fully saturated rings. The van der Waals surface area contributed by atoms with Crippen molar-refractivity contribution in [3.8, 4) is 11.1 Å². The van der Waals surface area contributed by atoms with Gasteiger partial charge < -0.3 is 13.9 Å². The zero-order chi connectivity index (χ0) is 18.6. The lowest BCUT2D eigenvalue weighted by atomic mass is 9.99. The van der Waals surface area contributed by atoms with Crippen molar-refractivity contribution < 1.29 is 28.4 Å². The van der Waals surface area contributed by atoms with Gasteiger partial charge in [0, 0.05) is 12.1 Å². The van der Waals surface area contributed by atoms with E-state index in [2.05, 4.69) is 0 Å². The minimum atomic E-state index is -0.761. The molecule has 0 aliphatic carbocycles. The number of nitro benzene ring substituents is 1. The summed E-state index contributed by atoms with van der Waals surface area (Å²) in [4.78, 5) is 35.0. The summed E-state index contributed by atoms with van der Waals surface area (Å²) in [5, 5.41) is 11.0. The van der Waals surface area contributed by atoms with E-state index in [1.807, 2.05) is 0 Å². The molecule has 1 aromatic carbocycles. The standard InChI is InChI=1S/C17H17NO7/c1-4-23-16(19)13-10(3)25-15(17(20)24-5-2)14(13)11-7-6-8-12(9-11)18(21)22/h6-9H,4-5H2,1-3H3. The predicted molar refractivity (Wildman–Crippen MR) is 87.4 cm³/mol. The van der Waals surface area contributed by atoms with Gasteiger partial charge in [0.05, 0.1) is 23.7 Å². The summed E-state index contributed by atoms with van der Waals surface area (Å²) in [5.41, 5.74) is 0.279. The number of benzene rings is 1. The van der Waals surface area contributed by atoms with Crippen LogP contribution >= 0.6 is 0 Å². The third kappa shape index (κ3) is 3.68. The van der Waals surface area contributed by atoms with E-state index in [4.69, 9.17) is 13.9 Å². The van der Waals surface area contributed by atoms with Crippen LogP contribution in [-0.2, 0) is 9.47 Å². The molecule has 0 amide bonds. The number of nitro groups is 1. The van der Waals surface area contributed by atoms with E-state index >= 15 is 0 Å². The summed E-state index contributed by atoms with van der Waals surface area (Å²) >= 11 is 0. The highest BCUT2D eigenvalue weighted by atomic mass is 16.6. The number of ether oxygens (including phenoxy) is 2. The van der Waals surface area contributed by atoms with Crippen LogP contribution in [0.4, 0.5) is 5.69 Å². The van der Waals surface area contributed by atoms with Crippen LogP contribution in [0.1, 0.15) is 40.5 Å². The lowest BCUT2D eigenvalue weighted by molar-refractivity contribution is -0.384. The van der Waals surface area contributed by atoms with Gasteiger partial charge in [-0.25, -0.2) is 9.59 Å². The number of carbonyl (C=O) groups is 2. The third-order valence-corrected chi connectivity index (χ3v) is 3.37. The van der Waals surface area contributed by atoms with E-state index in [-0.39, 0.29) is 47.1 Å². The monoisotopic (exact) mass is 347 g/mol. The maximum Gasteiger partial charge on any atom is 0.374 e. The number of non-ortho nitro benzene ring substituents is 1. The molecule has 0 unspecified atom stereocenters. The molecule has 1 aromatic heterocycles. The smallest absolute Gasteiger partial charge is 0.374 e. The van der Waals surface area contributed by atoms with Gasteiger partial charge in [-0.3, -0.25) is 10.1 Å². The quantitative estimate of drug-likeness (QED) is 0.447. The van der Waals surface area contributed by atoms with Crippen molar-refractivity contribution in [1.29, 1.82) is 0 Å². The van der Waals surface area contributed by atoms with Crippen LogP contribution in [0.3, 0.4) is 0 Å². The predicted octanol–water partition coefficient (Wildman–Crippen LogP) is 3.52. The van der Waals surface area contributed by atoms with Gasteiger partial charge in [-0.05, 0) is 26.3 Å². The van der Waals surface area contributed by atoms with E-state index in [1.54, 1.807) is 19.9 Å². The van der Waals surface area contributed by atoms with Crippen LogP contribution in [0.2, 0.25) is 0 Å². The highest BCUT2D eigenvalue weighted by Crippen LogP contribution is 2.35. The first-order valence-electron chi connectivity index (χ1n) is 7.63. The van der Waals surface area contributed by atoms with E-state index in [1.165, 1.54) is 25.1 Å². The number of rotatable bonds is 6. The molecule has 8 nitrogen and oxygen atoms in total. The van der Waals surface area contributed by atoms with E-state index in [9.17, 15) is 19.7 Å². The fourth-order valence-electron chi connectivity index (χ4n) is 2.38. The maximum atomic E-state index is 12.3. The Hall–Kier alpha value is -3.16. The third-order valence-electron chi connectivity index (χ3n) is 3.37. The van der Waals surface area contributed by atoms with Crippen molar-refractivity contribution in [2.45, 2.75) is 20.8 Å². The maximum absolute atomic E-state index is 12.3. The van der Waals surface area contributed by atoms with Crippen LogP contribution in [0, 0.1) is 17.0 Å². The molecule has 0 saturated heterocycles. The van der Waals surface area contributed by atoms with Gasteiger partial charge in [-0.1, -0.05) is 12.1 Å². The zero-order valence-electron chi connectivity index (χ0n) is 14.0. The summed E-state index contributed by atoms with van der Waals surface area (Å²) in [7, 11) is 0. The molecule has 1 heterocycles. The number of esters is 2. The van der Waals surface area contributed by atoms with Gasteiger partial charge in [0.2, 0.25) is 5.76 Å². The number of nitrogens with zero attached hydrogens (tertiary/aromatic N) is 1. The van der Waals surface area contributed by atoms with E-state index < -0.39 is 16.9 Å². The van der Waals surface area contributed by atoms with Gasteiger partial charge in [0.15, 0.2) is 0 Å². The molecule has 2 rings (SSSR count). The Kier molecular flexibility index (Phi) is 5.53. The van der Waals surface area contributed by atoms with Crippen molar-refractivity contribution in [3.05, 3.63) is 51.5 Å².